The molecule has 2 aromatic heterocycles. The van der Waals surface area contributed by atoms with Gasteiger partial charge in [-0.25, -0.2) is 9.31 Å². The maximum absolute atomic E-state index is 12.9. The summed E-state index contributed by atoms with van der Waals surface area (Å²) in [4.78, 5) is 30.5. The number of H-pyrrole nitrogens is 1. The molecule has 158 valence electrons. The van der Waals surface area contributed by atoms with E-state index in [-0.39, 0.29) is 17.7 Å². The smallest absolute Gasteiger partial charge is 0.410 e. The van der Waals surface area contributed by atoms with E-state index in [4.69, 9.17) is 4.74 Å². The molecular formula is C23H28N4O3. The zero-order chi connectivity index (χ0) is 21.5. The van der Waals surface area contributed by atoms with Crippen molar-refractivity contribution >= 4 is 11.7 Å². The van der Waals surface area contributed by atoms with Gasteiger partial charge in [-0.3, -0.25) is 9.69 Å². The van der Waals surface area contributed by atoms with Gasteiger partial charge in [-0.1, -0.05) is 37.3 Å². The van der Waals surface area contributed by atoms with Crippen molar-refractivity contribution in [3.63, 3.8) is 0 Å². The first-order valence-electron chi connectivity index (χ1n) is 10.4. The molecule has 30 heavy (non-hydrogen) atoms. The minimum atomic E-state index is -0.576. The van der Waals surface area contributed by atoms with Crippen molar-refractivity contribution in [2.75, 3.05) is 0 Å². The van der Waals surface area contributed by atoms with Crippen LogP contribution in [-0.2, 0) is 24.1 Å². The van der Waals surface area contributed by atoms with Crippen LogP contribution in [0.15, 0.2) is 41.3 Å². The molecule has 7 nitrogen and oxygen atoms in total. The highest BCUT2D eigenvalue weighted by Gasteiger charge is 2.34. The number of nitrogens with one attached hydrogen (secondary N) is 1. The van der Waals surface area contributed by atoms with Gasteiger partial charge in [-0.2, -0.15) is 5.10 Å². The van der Waals surface area contributed by atoms with Gasteiger partial charge in [0.2, 0.25) is 0 Å². The van der Waals surface area contributed by atoms with Crippen molar-refractivity contribution in [3.8, 4) is 0 Å². The first kappa shape index (κ1) is 20.2. The van der Waals surface area contributed by atoms with Crippen molar-refractivity contribution in [2.45, 2.75) is 65.1 Å². The summed E-state index contributed by atoms with van der Waals surface area (Å²) in [5.41, 5.74) is 3.55. The molecule has 0 aliphatic carbocycles. The Morgan fingerprint density at radius 2 is 2.00 bits per heavy atom. The van der Waals surface area contributed by atoms with E-state index in [0.717, 1.165) is 23.2 Å². The van der Waals surface area contributed by atoms with Crippen LogP contribution in [0.4, 0.5) is 4.79 Å². The predicted molar refractivity (Wildman–Crippen MR) is 115 cm³/mol. The van der Waals surface area contributed by atoms with Crippen LogP contribution in [0.2, 0.25) is 0 Å². The zero-order valence-corrected chi connectivity index (χ0v) is 17.9. The molecule has 0 saturated heterocycles. The van der Waals surface area contributed by atoms with Gasteiger partial charge in [0.15, 0.2) is 0 Å². The number of nitrogens with zero attached hydrogens (tertiary/aromatic N) is 3. The number of benzene rings is 1. The normalized spacial score (nSPS) is 16.5. The number of hydrogen-bond acceptors (Lipinski definition) is 4. The van der Waals surface area contributed by atoms with Crippen molar-refractivity contribution in [1.82, 2.24) is 19.5 Å². The van der Waals surface area contributed by atoms with Crippen LogP contribution >= 0.6 is 0 Å². The predicted octanol–water partition coefficient (Wildman–Crippen LogP) is 3.69. The lowest BCUT2D eigenvalue weighted by atomic mass is 9.97. The van der Waals surface area contributed by atoms with Gasteiger partial charge in [0.05, 0.1) is 18.4 Å². The number of carbonyl (C=O) groups is 1. The Labute approximate surface area is 175 Å². The van der Waals surface area contributed by atoms with E-state index >= 15 is 0 Å². The summed E-state index contributed by atoms with van der Waals surface area (Å²) in [6.07, 6.45) is 3.35. The highest BCUT2D eigenvalue weighted by molar-refractivity contribution is 5.69. The van der Waals surface area contributed by atoms with E-state index in [2.05, 4.69) is 22.2 Å². The van der Waals surface area contributed by atoms with Gasteiger partial charge < -0.3 is 9.72 Å². The van der Waals surface area contributed by atoms with E-state index in [9.17, 15) is 9.59 Å². The Bertz CT molecular complexity index is 1130. The molecule has 0 bridgehead atoms. The zero-order valence-electron chi connectivity index (χ0n) is 17.9. The summed E-state index contributed by atoms with van der Waals surface area (Å²) in [7, 11) is 0. The van der Waals surface area contributed by atoms with Crippen LogP contribution in [0.5, 0.6) is 0 Å². The molecule has 1 aliphatic rings. The highest BCUT2D eigenvalue weighted by Crippen LogP contribution is 2.26. The average Bonchev–Trinajstić information content (AvgIpc) is 3.09. The first-order chi connectivity index (χ1) is 14.3. The largest absolute Gasteiger partial charge is 0.444 e. The number of fused-ring (bicyclic) bond motifs is 3. The molecule has 3 heterocycles. The minimum Gasteiger partial charge on any atom is -0.444 e. The number of carbonyl (C=O) groups excluding carboxylic acids is 1. The Hall–Kier alpha value is -3.09. The van der Waals surface area contributed by atoms with E-state index in [1.54, 1.807) is 15.6 Å². The third-order valence-corrected chi connectivity index (χ3v) is 5.49. The maximum Gasteiger partial charge on any atom is 0.410 e. The standard InChI is InChI=1S/C23H28N4O3/c1-5-17-12-18-19(14-26(17)22(29)30-23(2,3)4)27-20(25-21(18)28)16(13-24-27)11-15-9-7-6-8-10-15/h6-10,13,17H,5,11-12,14H2,1-4H3,(H,25,28). The highest BCUT2D eigenvalue weighted by atomic mass is 16.6. The number of amides is 1. The van der Waals surface area contributed by atoms with Gasteiger partial charge >= 0.3 is 6.09 Å². The van der Waals surface area contributed by atoms with Crippen LogP contribution in [0.1, 0.15) is 56.5 Å². The molecule has 1 N–H and O–H groups in total. The maximum atomic E-state index is 12.9. The van der Waals surface area contributed by atoms with Gasteiger partial charge in [0, 0.05) is 30.0 Å². The fourth-order valence-electron chi connectivity index (χ4n) is 4.02. The molecule has 1 aliphatic heterocycles. The average molecular weight is 409 g/mol. The van der Waals surface area contributed by atoms with Gasteiger partial charge in [0.25, 0.3) is 5.56 Å². The third kappa shape index (κ3) is 3.84. The monoisotopic (exact) mass is 408 g/mol. The van der Waals surface area contributed by atoms with Crippen LogP contribution < -0.4 is 5.56 Å². The lowest BCUT2D eigenvalue weighted by Crippen LogP contribution is -2.48. The summed E-state index contributed by atoms with van der Waals surface area (Å²) in [6, 6.07) is 9.99. The molecule has 0 radical (unpaired) electrons. The van der Waals surface area contributed by atoms with Crippen LogP contribution in [0.3, 0.4) is 0 Å². The Kier molecular flexibility index (Phi) is 5.13. The lowest BCUT2D eigenvalue weighted by Gasteiger charge is -2.37. The van der Waals surface area contributed by atoms with Crippen LogP contribution in [0, 0.1) is 0 Å². The Balaban J connectivity index is 1.74. The Morgan fingerprint density at radius 1 is 1.27 bits per heavy atom. The molecular weight excluding hydrogens is 380 g/mol. The summed E-state index contributed by atoms with van der Waals surface area (Å²) in [5, 5.41) is 4.56. The van der Waals surface area contributed by atoms with Crippen LogP contribution in [-0.4, -0.2) is 37.2 Å². The van der Waals surface area contributed by atoms with Gasteiger partial charge in [0.1, 0.15) is 11.2 Å². The van der Waals surface area contributed by atoms with Crippen molar-refractivity contribution in [3.05, 3.63) is 69.3 Å². The van der Waals surface area contributed by atoms with Crippen molar-refractivity contribution in [1.29, 1.82) is 0 Å². The molecule has 1 unspecified atom stereocenters. The fourth-order valence-corrected chi connectivity index (χ4v) is 4.02. The number of aromatic amines is 1. The second-order valence-electron chi connectivity index (χ2n) is 8.85. The van der Waals surface area contributed by atoms with Gasteiger partial charge in [-0.15, -0.1) is 0 Å². The molecule has 0 fully saturated rings. The lowest BCUT2D eigenvalue weighted by molar-refractivity contribution is 0.0108. The van der Waals surface area contributed by atoms with Crippen molar-refractivity contribution < 1.29 is 9.53 Å². The molecule has 1 atom stereocenters. The summed E-state index contributed by atoms with van der Waals surface area (Å²) in [5.74, 6) is 0. The Morgan fingerprint density at radius 3 is 2.67 bits per heavy atom. The summed E-state index contributed by atoms with van der Waals surface area (Å²) < 4.78 is 7.40. The van der Waals surface area contributed by atoms with Crippen LogP contribution in [0.25, 0.3) is 5.65 Å². The van der Waals surface area contributed by atoms with E-state index in [0.29, 0.717) is 30.6 Å². The molecule has 1 amide bonds. The summed E-state index contributed by atoms with van der Waals surface area (Å²) >= 11 is 0. The third-order valence-electron chi connectivity index (χ3n) is 5.49. The fraction of sp³-hybridized carbons (Fsp3) is 0.435. The topological polar surface area (TPSA) is 79.7 Å². The first-order valence-corrected chi connectivity index (χ1v) is 10.4. The molecule has 1 aromatic carbocycles. The summed E-state index contributed by atoms with van der Waals surface area (Å²) in [6.45, 7) is 7.89. The molecule has 0 spiro atoms. The second kappa shape index (κ2) is 7.63. The second-order valence-corrected chi connectivity index (χ2v) is 8.85. The van der Waals surface area contributed by atoms with E-state index < -0.39 is 5.60 Å². The number of ether oxygens (including phenoxy) is 1. The quantitative estimate of drug-likeness (QED) is 0.717. The van der Waals surface area contributed by atoms with Crippen molar-refractivity contribution in [2.24, 2.45) is 0 Å². The molecule has 3 aromatic rings. The SMILES string of the molecule is CCC1Cc2c(n3ncc(Cc4ccccc4)c3[nH]c2=O)CN1C(=O)OC(C)(C)C. The molecule has 0 saturated carbocycles. The molecule has 4 rings (SSSR count). The van der Waals surface area contributed by atoms with E-state index in [1.807, 2.05) is 45.9 Å². The van der Waals surface area contributed by atoms with E-state index in [1.165, 1.54) is 0 Å². The minimum absolute atomic E-state index is 0.0785. The number of aromatic nitrogens is 3. The molecule has 7 heteroatoms. The number of rotatable bonds is 3. The number of hydrogen-bond donors (Lipinski definition) is 1. The van der Waals surface area contributed by atoms with Gasteiger partial charge in [-0.05, 0) is 32.8 Å².